The Morgan fingerprint density at radius 2 is 1.72 bits per heavy atom. The Morgan fingerprint density at radius 3 is 2.22 bits per heavy atom. The van der Waals surface area contributed by atoms with Crippen LogP contribution in [0.1, 0.15) is 10.4 Å². The van der Waals surface area contributed by atoms with Crippen LogP contribution in [0.25, 0.3) is 0 Å². The number of hydrogen-bond donors (Lipinski definition) is 1. The van der Waals surface area contributed by atoms with E-state index in [4.69, 9.17) is 9.88 Å². The number of carbonyl (C=O) groups is 1. The molecule has 6 nitrogen and oxygen atoms in total. The third kappa shape index (κ3) is 2.87. The Bertz CT molecular complexity index is 533. The lowest BCUT2D eigenvalue weighted by molar-refractivity contribution is 0.0303. The van der Waals surface area contributed by atoms with E-state index in [9.17, 15) is 13.2 Å². The van der Waals surface area contributed by atoms with Gasteiger partial charge in [-0.05, 0) is 24.3 Å². The molecule has 0 radical (unpaired) electrons. The molecule has 0 unspecified atom stereocenters. The van der Waals surface area contributed by atoms with Gasteiger partial charge in [0, 0.05) is 18.7 Å². The van der Waals surface area contributed by atoms with Gasteiger partial charge in [-0.25, -0.2) is 13.6 Å². The number of sulfonamides is 1. The normalized spacial score (nSPS) is 16.6. The Morgan fingerprint density at radius 1 is 1.17 bits per heavy atom. The smallest absolute Gasteiger partial charge is 0.254 e. The largest absolute Gasteiger partial charge is 0.378 e. The van der Waals surface area contributed by atoms with Gasteiger partial charge in [0.15, 0.2) is 0 Å². The Kier molecular flexibility index (Phi) is 3.65. The molecule has 0 aromatic heterocycles. The standard InChI is InChI=1S/C11H14N2O4S/c12-18(15,16)10-3-1-9(2-4-10)11(14)13-5-7-17-8-6-13/h1-4H,5-8H2,(H2,12,15,16). The summed E-state index contributed by atoms with van der Waals surface area (Å²) < 4.78 is 27.3. The molecular weight excluding hydrogens is 256 g/mol. The van der Waals surface area contributed by atoms with Gasteiger partial charge in [-0.15, -0.1) is 0 Å². The van der Waals surface area contributed by atoms with Crippen molar-refractivity contribution in [2.75, 3.05) is 26.3 Å². The van der Waals surface area contributed by atoms with E-state index < -0.39 is 10.0 Å². The van der Waals surface area contributed by atoms with Gasteiger partial charge in [0.25, 0.3) is 5.91 Å². The second kappa shape index (κ2) is 5.05. The molecule has 7 heteroatoms. The Balaban J connectivity index is 2.16. The van der Waals surface area contributed by atoms with E-state index in [1.54, 1.807) is 4.90 Å². The number of hydrogen-bond acceptors (Lipinski definition) is 4. The summed E-state index contributed by atoms with van der Waals surface area (Å²) in [4.78, 5) is 13.7. The van der Waals surface area contributed by atoms with Crippen molar-refractivity contribution in [3.8, 4) is 0 Å². The van der Waals surface area contributed by atoms with Crippen LogP contribution in [0.3, 0.4) is 0 Å². The van der Waals surface area contributed by atoms with Gasteiger partial charge in [-0.2, -0.15) is 0 Å². The van der Waals surface area contributed by atoms with E-state index in [2.05, 4.69) is 0 Å². The first-order valence-corrected chi connectivity index (χ1v) is 7.03. The molecule has 0 atom stereocenters. The topological polar surface area (TPSA) is 89.7 Å². The first kappa shape index (κ1) is 13.0. The molecule has 1 aromatic carbocycles. The first-order chi connectivity index (χ1) is 8.48. The van der Waals surface area contributed by atoms with E-state index in [0.717, 1.165) is 0 Å². The number of ether oxygens (including phenoxy) is 1. The molecule has 1 saturated heterocycles. The average molecular weight is 270 g/mol. The second-order valence-corrected chi connectivity index (χ2v) is 5.54. The highest BCUT2D eigenvalue weighted by molar-refractivity contribution is 7.89. The SMILES string of the molecule is NS(=O)(=O)c1ccc(C(=O)N2CCOCC2)cc1. The van der Waals surface area contributed by atoms with Crippen molar-refractivity contribution in [2.24, 2.45) is 5.14 Å². The van der Waals surface area contributed by atoms with Crippen LogP contribution in [0, 0.1) is 0 Å². The molecule has 1 fully saturated rings. The second-order valence-electron chi connectivity index (χ2n) is 3.97. The highest BCUT2D eigenvalue weighted by atomic mass is 32.2. The van der Waals surface area contributed by atoms with Gasteiger partial charge in [0.2, 0.25) is 10.0 Å². The van der Waals surface area contributed by atoms with Gasteiger partial charge in [-0.1, -0.05) is 0 Å². The van der Waals surface area contributed by atoms with Crippen LogP contribution in [0.5, 0.6) is 0 Å². The number of benzene rings is 1. The average Bonchev–Trinajstić information content (AvgIpc) is 2.38. The number of rotatable bonds is 2. The van der Waals surface area contributed by atoms with Gasteiger partial charge in [-0.3, -0.25) is 4.79 Å². The van der Waals surface area contributed by atoms with E-state index in [0.29, 0.717) is 31.9 Å². The summed E-state index contributed by atoms with van der Waals surface area (Å²) in [5.41, 5.74) is 0.448. The van der Waals surface area contributed by atoms with Crippen molar-refractivity contribution in [2.45, 2.75) is 4.90 Å². The van der Waals surface area contributed by atoms with Crippen LogP contribution in [0.2, 0.25) is 0 Å². The third-order valence-corrected chi connectivity index (χ3v) is 3.66. The number of nitrogens with zero attached hydrogens (tertiary/aromatic N) is 1. The quantitative estimate of drug-likeness (QED) is 0.806. The summed E-state index contributed by atoms with van der Waals surface area (Å²) in [6, 6.07) is 5.61. The third-order valence-electron chi connectivity index (χ3n) is 2.73. The predicted molar refractivity (Wildman–Crippen MR) is 64.5 cm³/mol. The predicted octanol–water partition coefficient (Wildman–Crippen LogP) is -0.194. The van der Waals surface area contributed by atoms with Crippen LogP contribution in [-0.4, -0.2) is 45.5 Å². The molecular formula is C11H14N2O4S. The summed E-state index contributed by atoms with van der Waals surface area (Å²) in [5.74, 6) is -0.126. The molecule has 2 rings (SSSR count). The van der Waals surface area contributed by atoms with Gasteiger partial charge in [0.05, 0.1) is 18.1 Å². The minimum absolute atomic E-state index is 0.000951. The zero-order chi connectivity index (χ0) is 13.2. The minimum Gasteiger partial charge on any atom is -0.378 e. The number of carbonyl (C=O) groups excluding carboxylic acids is 1. The molecule has 0 aliphatic carbocycles. The van der Waals surface area contributed by atoms with Crippen molar-refractivity contribution in [3.63, 3.8) is 0 Å². The summed E-state index contributed by atoms with van der Waals surface area (Å²) in [5, 5.41) is 4.99. The maximum absolute atomic E-state index is 12.1. The zero-order valence-electron chi connectivity index (χ0n) is 9.70. The molecule has 0 bridgehead atoms. The molecule has 1 amide bonds. The number of morpholine rings is 1. The van der Waals surface area contributed by atoms with Crippen molar-refractivity contribution < 1.29 is 17.9 Å². The molecule has 1 aromatic rings. The van der Waals surface area contributed by atoms with E-state index in [1.165, 1.54) is 24.3 Å². The molecule has 1 aliphatic rings. The molecule has 18 heavy (non-hydrogen) atoms. The summed E-state index contributed by atoms with van der Waals surface area (Å²) >= 11 is 0. The van der Waals surface area contributed by atoms with Gasteiger partial charge in [0.1, 0.15) is 0 Å². The molecule has 2 N–H and O–H groups in total. The number of primary sulfonamides is 1. The fourth-order valence-corrected chi connectivity index (χ4v) is 2.25. The highest BCUT2D eigenvalue weighted by Gasteiger charge is 2.18. The summed E-state index contributed by atoms with van der Waals surface area (Å²) in [7, 11) is -3.72. The van der Waals surface area contributed by atoms with Crippen molar-refractivity contribution in [1.29, 1.82) is 0 Å². The maximum Gasteiger partial charge on any atom is 0.254 e. The van der Waals surface area contributed by atoms with Crippen LogP contribution in [-0.2, 0) is 14.8 Å². The van der Waals surface area contributed by atoms with Crippen molar-refractivity contribution in [3.05, 3.63) is 29.8 Å². The molecule has 0 saturated carbocycles. The first-order valence-electron chi connectivity index (χ1n) is 5.48. The Hall–Kier alpha value is -1.44. The van der Waals surface area contributed by atoms with Crippen LogP contribution in [0.4, 0.5) is 0 Å². The van der Waals surface area contributed by atoms with Crippen molar-refractivity contribution in [1.82, 2.24) is 4.90 Å². The fraction of sp³-hybridized carbons (Fsp3) is 0.364. The zero-order valence-corrected chi connectivity index (χ0v) is 10.5. The van der Waals surface area contributed by atoms with Gasteiger partial charge < -0.3 is 9.64 Å². The summed E-state index contributed by atoms with van der Waals surface area (Å²) in [6.45, 7) is 2.16. The van der Waals surface area contributed by atoms with E-state index >= 15 is 0 Å². The monoisotopic (exact) mass is 270 g/mol. The van der Waals surface area contributed by atoms with Crippen LogP contribution >= 0.6 is 0 Å². The maximum atomic E-state index is 12.1. The van der Waals surface area contributed by atoms with Crippen molar-refractivity contribution >= 4 is 15.9 Å². The lowest BCUT2D eigenvalue weighted by Gasteiger charge is -2.26. The lowest BCUT2D eigenvalue weighted by atomic mass is 10.2. The molecule has 1 heterocycles. The van der Waals surface area contributed by atoms with Crippen LogP contribution < -0.4 is 5.14 Å². The lowest BCUT2D eigenvalue weighted by Crippen LogP contribution is -2.40. The number of amides is 1. The molecule has 0 spiro atoms. The van der Waals surface area contributed by atoms with Crippen LogP contribution in [0.15, 0.2) is 29.2 Å². The number of nitrogens with two attached hydrogens (primary N) is 1. The van der Waals surface area contributed by atoms with E-state index in [-0.39, 0.29) is 10.8 Å². The summed E-state index contributed by atoms with van der Waals surface area (Å²) in [6.07, 6.45) is 0. The van der Waals surface area contributed by atoms with Gasteiger partial charge >= 0.3 is 0 Å². The minimum atomic E-state index is -3.72. The fourth-order valence-electron chi connectivity index (χ4n) is 1.74. The van der Waals surface area contributed by atoms with E-state index in [1.807, 2.05) is 0 Å². The highest BCUT2D eigenvalue weighted by Crippen LogP contribution is 2.11. The molecule has 1 aliphatic heterocycles. The Labute approximate surface area is 105 Å². The molecule has 98 valence electrons.